The van der Waals surface area contributed by atoms with Gasteiger partial charge < -0.3 is 9.88 Å². The fourth-order valence-corrected chi connectivity index (χ4v) is 3.88. The monoisotopic (exact) mass is 370 g/mol. The van der Waals surface area contributed by atoms with Crippen molar-refractivity contribution in [1.82, 2.24) is 15.0 Å². The molecule has 1 fully saturated rings. The quantitative estimate of drug-likeness (QED) is 0.666. The van der Waals surface area contributed by atoms with Crippen molar-refractivity contribution < 1.29 is 0 Å². The number of aromatic amines is 1. The number of hydrogen-bond acceptors (Lipinski definition) is 3. The van der Waals surface area contributed by atoms with Crippen molar-refractivity contribution in [1.29, 1.82) is 0 Å². The summed E-state index contributed by atoms with van der Waals surface area (Å²) in [5.41, 5.74) is 0.929. The van der Waals surface area contributed by atoms with Gasteiger partial charge in [0.15, 0.2) is 0 Å². The smallest absolute Gasteiger partial charge is 0.142 e. The molecule has 0 saturated heterocycles. The Morgan fingerprint density at radius 1 is 1.32 bits per heavy atom. The van der Waals surface area contributed by atoms with Crippen LogP contribution >= 0.6 is 22.6 Å². The molecule has 3 rings (SSSR count). The van der Waals surface area contributed by atoms with Crippen LogP contribution in [0.4, 0.5) is 5.82 Å². The Morgan fingerprint density at radius 2 is 2.11 bits per heavy atom. The summed E-state index contributed by atoms with van der Waals surface area (Å²) in [4.78, 5) is 14.3. The number of nitrogens with one attached hydrogen (secondary N) is 1. The van der Waals surface area contributed by atoms with E-state index in [-0.39, 0.29) is 0 Å². The second-order valence-corrected chi connectivity index (χ2v) is 6.26. The van der Waals surface area contributed by atoms with Gasteiger partial charge in [-0.2, -0.15) is 0 Å². The highest BCUT2D eigenvalue weighted by Gasteiger charge is 2.25. The summed E-state index contributed by atoms with van der Waals surface area (Å²) in [6.45, 7) is 0. The van der Waals surface area contributed by atoms with Crippen LogP contribution in [0.15, 0.2) is 18.6 Å². The minimum absolute atomic E-state index is 0.618. The maximum absolute atomic E-state index is 4.49. The zero-order chi connectivity index (χ0) is 13.2. The lowest BCUT2D eigenvalue weighted by atomic mass is 9.86. The van der Waals surface area contributed by atoms with E-state index in [0.29, 0.717) is 6.04 Å². The normalized spacial score (nSPS) is 23.7. The molecule has 0 spiro atoms. The van der Waals surface area contributed by atoms with Gasteiger partial charge in [-0.25, -0.2) is 9.97 Å². The fraction of sp³-hybridized carbons (Fsp3) is 0.571. The van der Waals surface area contributed by atoms with Crippen molar-refractivity contribution in [2.75, 3.05) is 16.4 Å². The third-order valence-electron chi connectivity index (χ3n) is 4.25. The van der Waals surface area contributed by atoms with Gasteiger partial charge in [-0.15, -0.1) is 0 Å². The Balaban J connectivity index is 1.80. The van der Waals surface area contributed by atoms with Gasteiger partial charge in [0.2, 0.25) is 0 Å². The van der Waals surface area contributed by atoms with E-state index in [2.05, 4.69) is 55.6 Å². The van der Waals surface area contributed by atoms with Gasteiger partial charge in [0.05, 0.1) is 5.39 Å². The molecule has 0 amide bonds. The fourth-order valence-electron chi connectivity index (χ4n) is 3.00. The lowest BCUT2D eigenvalue weighted by molar-refractivity contribution is 0.347. The molecule has 2 heterocycles. The zero-order valence-electron chi connectivity index (χ0n) is 11.1. The van der Waals surface area contributed by atoms with E-state index in [1.54, 1.807) is 6.33 Å². The predicted octanol–water partition coefficient (Wildman–Crippen LogP) is 3.39. The molecule has 1 aliphatic rings. The number of rotatable bonds is 3. The lowest BCUT2D eigenvalue weighted by Crippen LogP contribution is -2.36. The molecule has 0 bridgehead atoms. The Morgan fingerprint density at radius 3 is 2.84 bits per heavy atom. The molecule has 0 aromatic carbocycles. The molecular formula is C14H19IN4. The first kappa shape index (κ1) is 13.1. The summed E-state index contributed by atoms with van der Waals surface area (Å²) < 4.78 is 1.30. The highest BCUT2D eigenvalue weighted by atomic mass is 127. The first-order chi connectivity index (χ1) is 9.29. The summed E-state index contributed by atoms with van der Waals surface area (Å²) in [5.74, 6) is 1.98. The van der Waals surface area contributed by atoms with Crippen molar-refractivity contribution in [3.63, 3.8) is 0 Å². The van der Waals surface area contributed by atoms with Crippen molar-refractivity contribution in [3.8, 4) is 0 Å². The first-order valence-corrected chi connectivity index (χ1v) is 8.39. The molecule has 4 nitrogen and oxygen atoms in total. The van der Waals surface area contributed by atoms with Crippen LogP contribution in [0.2, 0.25) is 0 Å². The lowest BCUT2D eigenvalue weighted by Gasteiger charge is -2.35. The predicted molar refractivity (Wildman–Crippen MR) is 86.9 cm³/mol. The van der Waals surface area contributed by atoms with Crippen LogP contribution in [0.1, 0.15) is 25.7 Å². The molecular weight excluding hydrogens is 351 g/mol. The van der Waals surface area contributed by atoms with Gasteiger partial charge in [-0.1, -0.05) is 22.6 Å². The average molecular weight is 370 g/mol. The van der Waals surface area contributed by atoms with Gasteiger partial charge in [-0.3, -0.25) is 0 Å². The third-order valence-corrected chi connectivity index (χ3v) is 5.49. The Hall–Kier alpha value is -0.850. The summed E-state index contributed by atoms with van der Waals surface area (Å²) in [6, 6.07) is 2.68. The van der Waals surface area contributed by atoms with E-state index in [0.717, 1.165) is 22.8 Å². The highest BCUT2D eigenvalue weighted by molar-refractivity contribution is 14.1. The van der Waals surface area contributed by atoms with Gasteiger partial charge in [-0.05, 0) is 37.7 Å². The summed E-state index contributed by atoms with van der Waals surface area (Å²) in [5, 5.41) is 1.13. The standard InChI is InChI=1S/C14H19IN4/c1-19(11-4-2-10(8-15)3-5-11)14-12-6-7-16-13(12)17-9-18-14/h6-7,9-11H,2-5,8H2,1H3,(H,16,17,18). The largest absolute Gasteiger partial charge is 0.356 e. The summed E-state index contributed by atoms with van der Waals surface area (Å²) in [6.07, 6.45) is 8.84. The maximum Gasteiger partial charge on any atom is 0.142 e. The topological polar surface area (TPSA) is 44.8 Å². The summed E-state index contributed by atoms with van der Waals surface area (Å²) >= 11 is 2.52. The molecule has 0 unspecified atom stereocenters. The van der Waals surface area contributed by atoms with Crippen LogP contribution in [0.3, 0.4) is 0 Å². The van der Waals surface area contributed by atoms with E-state index in [9.17, 15) is 0 Å². The molecule has 0 atom stereocenters. The van der Waals surface area contributed by atoms with E-state index >= 15 is 0 Å². The molecule has 1 saturated carbocycles. The van der Waals surface area contributed by atoms with E-state index in [4.69, 9.17) is 0 Å². The number of alkyl halides is 1. The van der Waals surface area contributed by atoms with E-state index in [1.165, 1.54) is 30.1 Å². The average Bonchev–Trinajstić information content (AvgIpc) is 2.95. The number of fused-ring (bicyclic) bond motifs is 1. The Labute approximate surface area is 127 Å². The SMILES string of the molecule is CN(c1ncnc2[nH]ccc12)C1CCC(CI)CC1. The number of aromatic nitrogens is 3. The highest BCUT2D eigenvalue weighted by Crippen LogP contribution is 2.31. The minimum atomic E-state index is 0.618. The van der Waals surface area contributed by atoms with Crippen LogP contribution in [-0.2, 0) is 0 Å². The molecule has 0 aliphatic heterocycles. The number of anilines is 1. The molecule has 2 aromatic heterocycles. The molecule has 1 N–H and O–H groups in total. The third kappa shape index (κ3) is 2.57. The maximum atomic E-state index is 4.49. The molecule has 102 valence electrons. The van der Waals surface area contributed by atoms with Crippen molar-refractivity contribution in [2.45, 2.75) is 31.7 Å². The van der Waals surface area contributed by atoms with Gasteiger partial charge in [0.1, 0.15) is 17.8 Å². The molecule has 1 aliphatic carbocycles. The van der Waals surface area contributed by atoms with Gasteiger partial charge >= 0.3 is 0 Å². The van der Waals surface area contributed by atoms with Crippen molar-refractivity contribution in [2.24, 2.45) is 5.92 Å². The van der Waals surface area contributed by atoms with Gasteiger partial charge in [0.25, 0.3) is 0 Å². The molecule has 0 radical (unpaired) electrons. The van der Waals surface area contributed by atoms with Crippen LogP contribution in [0, 0.1) is 5.92 Å². The van der Waals surface area contributed by atoms with Crippen LogP contribution < -0.4 is 4.90 Å². The number of nitrogens with zero attached hydrogens (tertiary/aromatic N) is 3. The zero-order valence-corrected chi connectivity index (χ0v) is 13.3. The van der Waals surface area contributed by atoms with E-state index < -0.39 is 0 Å². The molecule has 5 heteroatoms. The minimum Gasteiger partial charge on any atom is -0.356 e. The second kappa shape index (κ2) is 5.64. The van der Waals surface area contributed by atoms with Crippen LogP contribution in [-0.4, -0.2) is 32.5 Å². The second-order valence-electron chi connectivity index (χ2n) is 5.38. The Bertz CT molecular complexity index is 545. The number of H-pyrrole nitrogens is 1. The first-order valence-electron chi connectivity index (χ1n) is 6.86. The molecule has 19 heavy (non-hydrogen) atoms. The molecule has 2 aromatic rings. The van der Waals surface area contributed by atoms with Crippen molar-refractivity contribution in [3.05, 3.63) is 18.6 Å². The van der Waals surface area contributed by atoms with Crippen LogP contribution in [0.25, 0.3) is 11.0 Å². The number of hydrogen-bond donors (Lipinski definition) is 1. The Kier molecular flexibility index (Phi) is 3.91. The summed E-state index contributed by atoms with van der Waals surface area (Å²) in [7, 11) is 2.17. The van der Waals surface area contributed by atoms with Crippen LogP contribution in [0.5, 0.6) is 0 Å². The van der Waals surface area contributed by atoms with Gasteiger partial charge in [0, 0.05) is 23.7 Å². The van der Waals surface area contributed by atoms with E-state index in [1.807, 2.05) is 6.20 Å². The number of halogens is 1. The van der Waals surface area contributed by atoms with Crippen molar-refractivity contribution >= 4 is 39.4 Å².